The highest BCUT2D eigenvalue weighted by Gasteiger charge is 2.14. The molecule has 4 aromatic rings. The number of aromatic nitrogens is 4. The van der Waals surface area contributed by atoms with Gasteiger partial charge in [0.25, 0.3) is 0 Å². The molecular formula is C17H13ClN4O. The third kappa shape index (κ3) is 2.21. The first-order valence-corrected chi connectivity index (χ1v) is 7.51. The second-order valence-corrected chi connectivity index (χ2v) is 5.59. The van der Waals surface area contributed by atoms with Gasteiger partial charge in [-0.25, -0.2) is 9.97 Å². The molecule has 0 amide bonds. The Morgan fingerprint density at radius 3 is 2.57 bits per heavy atom. The van der Waals surface area contributed by atoms with Crippen molar-refractivity contribution in [3.05, 3.63) is 53.3 Å². The molecule has 0 N–H and O–H groups in total. The zero-order valence-corrected chi connectivity index (χ0v) is 13.4. The Balaban J connectivity index is 1.98. The van der Waals surface area contributed by atoms with E-state index in [9.17, 15) is 0 Å². The topological polar surface area (TPSA) is 52.3 Å². The number of hydrogen-bond donors (Lipinski definition) is 0. The zero-order valence-electron chi connectivity index (χ0n) is 12.6. The van der Waals surface area contributed by atoms with Gasteiger partial charge in [-0.1, -0.05) is 12.1 Å². The van der Waals surface area contributed by atoms with Crippen molar-refractivity contribution in [2.24, 2.45) is 0 Å². The van der Waals surface area contributed by atoms with Crippen molar-refractivity contribution in [3.63, 3.8) is 0 Å². The average molecular weight is 325 g/mol. The van der Waals surface area contributed by atoms with Crippen molar-refractivity contribution in [1.29, 1.82) is 0 Å². The number of rotatable bonds is 2. The van der Waals surface area contributed by atoms with Gasteiger partial charge >= 0.3 is 0 Å². The molecule has 0 spiro atoms. The van der Waals surface area contributed by atoms with E-state index in [1.165, 1.54) is 0 Å². The van der Waals surface area contributed by atoms with Crippen LogP contribution in [0.2, 0.25) is 5.28 Å². The summed E-state index contributed by atoms with van der Waals surface area (Å²) in [4.78, 5) is 9.10. The molecule has 0 fully saturated rings. The molecule has 2 aromatic carbocycles. The van der Waals surface area contributed by atoms with Crippen molar-refractivity contribution in [1.82, 2.24) is 19.6 Å². The lowest BCUT2D eigenvalue weighted by atomic mass is 10.1. The highest BCUT2D eigenvalue weighted by Crippen LogP contribution is 2.26. The van der Waals surface area contributed by atoms with Gasteiger partial charge in [0.1, 0.15) is 5.75 Å². The minimum absolute atomic E-state index is 0.300. The number of nitrogens with zero attached hydrogens (tertiary/aromatic N) is 4. The second-order valence-electron chi connectivity index (χ2n) is 5.25. The van der Waals surface area contributed by atoms with Gasteiger partial charge in [-0.2, -0.15) is 4.52 Å². The summed E-state index contributed by atoms with van der Waals surface area (Å²) in [7, 11) is 1.64. The highest BCUT2D eigenvalue weighted by atomic mass is 35.5. The van der Waals surface area contributed by atoms with Crippen LogP contribution in [0, 0.1) is 6.92 Å². The molecule has 0 saturated carbocycles. The Hall–Kier alpha value is -2.66. The van der Waals surface area contributed by atoms with Gasteiger partial charge in [-0.05, 0) is 54.4 Å². The van der Waals surface area contributed by atoms with Gasteiger partial charge in [0.05, 0.1) is 12.6 Å². The van der Waals surface area contributed by atoms with Crippen LogP contribution in [0.5, 0.6) is 5.75 Å². The van der Waals surface area contributed by atoms with E-state index >= 15 is 0 Å². The smallest absolute Gasteiger partial charge is 0.226 e. The Morgan fingerprint density at radius 2 is 1.83 bits per heavy atom. The van der Waals surface area contributed by atoms with Gasteiger partial charge < -0.3 is 4.74 Å². The number of hydrogen-bond acceptors (Lipinski definition) is 4. The molecule has 2 heterocycles. The van der Waals surface area contributed by atoms with Crippen molar-refractivity contribution >= 4 is 28.2 Å². The molecule has 4 rings (SSSR count). The molecule has 0 atom stereocenters. The second kappa shape index (κ2) is 5.21. The maximum absolute atomic E-state index is 6.29. The number of aryl methyl sites for hydroxylation is 1. The molecule has 6 heteroatoms. The quantitative estimate of drug-likeness (QED) is 0.524. The summed E-state index contributed by atoms with van der Waals surface area (Å²) < 4.78 is 6.75. The van der Waals surface area contributed by atoms with E-state index in [2.05, 4.69) is 15.1 Å². The largest absolute Gasteiger partial charge is 0.497 e. The Morgan fingerprint density at radius 1 is 1.04 bits per heavy atom. The SMILES string of the molecule is COc1ccc(-c2nc3c4cccc(C)c4nc(Cl)n3n2)cc1. The number of fused-ring (bicyclic) bond motifs is 3. The third-order valence-electron chi connectivity index (χ3n) is 3.81. The summed E-state index contributed by atoms with van der Waals surface area (Å²) in [5.41, 5.74) is 3.50. The van der Waals surface area contributed by atoms with Crippen LogP contribution < -0.4 is 4.74 Å². The maximum atomic E-state index is 6.29. The van der Waals surface area contributed by atoms with Crippen LogP contribution in [0.4, 0.5) is 0 Å². The molecule has 0 bridgehead atoms. The highest BCUT2D eigenvalue weighted by molar-refractivity contribution is 6.29. The Labute approximate surface area is 137 Å². The Bertz CT molecular complexity index is 1020. The van der Waals surface area contributed by atoms with Crippen LogP contribution in [0.3, 0.4) is 0 Å². The molecule has 0 aliphatic heterocycles. The summed E-state index contributed by atoms with van der Waals surface area (Å²) in [6.45, 7) is 2.00. The standard InChI is InChI=1S/C17H13ClN4O/c1-10-4-3-5-13-14(10)19-17(18)22-16(13)20-15(21-22)11-6-8-12(23-2)9-7-11/h3-9H,1-2H3. The van der Waals surface area contributed by atoms with Crippen molar-refractivity contribution in [2.45, 2.75) is 6.92 Å². The summed E-state index contributed by atoms with van der Waals surface area (Å²) in [5.74, 6) is 1.39. The normalized spacial score (nSPS) is 11.3. The predicted octanol–water partition coefficient (Wildman–Crippen LogP) is 3.91. The van der Waals surface area contributed by atoms with Crippen LogP contribution in [-0.4, -0.2) is 26.7 Å². The summed E-state index contributed by atoms with van der Waals surface area (Å²) in [6.07, 6.45) is 0. The molecule has 5 nitrogen and oxygen atoms in total. The van der Waals surface area contributed by atoms with Crippen molar-refractivity contribution in [2.75, 3.05) is 7.11 Å². The molecule has 0 aliphatic rings. The lowest BCUT2D eigenvalue weighted by Crippen LogP contribution is -1.96. The first-order valence-electron chi connectivity index (χ1n) is 7.13. The first kappa shape index (κ1) is 14.0. The first-order chi connectivity index (χ1) is 11.2. The van der Waals surface area contributed by atoms with E-state index in [1.54, 1.807) is 11.6 Å². The minimum Gasteiger partial charge on any atom is -0.497 e. The van der Waals surface area contributed by atoms with Crippen LogP contribution in [-0.2, 0) is 0 Å². The van der Waals surface area contributed by atoms with E-state index in [-0.39, 0.29) is 0 Å². The number of ether oxygens (including phenoxy) is 1. The summed E-state index contributed by atoms with van der Waals surface area (Å²) in [5, 5.41) is 5.72. The molecule has 23 heavy (non-hydrogen) atoms. The molecule has 114 valence electrons. The molecule has 0 unspecified atom stereocenters. The fraction of sp³-hybridized carbons (Fsp3) is 0.118. The molecule has 0 aliphatic carbocycles. The average Bonchev–Trinajstić information content (AvgIpc) is 3.02. The van der Waals surface area contributed by atoms with E-state index < -0.39 is 0 Å². The van der Waals surface area contributed by atoms with Crippen LogP contribution in [0.25, 0.3) is 27.9 Å². The maximum Gasteiger partial charge on any atom is 0.226 e. The van der Waals surface area contributed by atoms with Crippen LogP contribution >= 0.6 is 11.6 Å². The third-order valence-corrected chi connectivity index (χ3v) is 4.06. The van der Waals surface area contributed by atoms with Gasteiger partial charge in [-0.15, -0.1) is 5.10 Å². The van der Waals surface area contributed by atoms with Crippen molar-refractivity contribution < 1.29 is 4.74 Å². The van der Waals surface area contributed by atoms with E-state index in [0.29, 0.717) is 16.8 Å². The van der Waals surface area contributed by atoms with Crippen LogP contribution in [0.15, 0.2) is 42.5 Å². The molecule has 0 radical (unpaired) electrons. The van der Waals surface area contributed by atoms with E-state index in [0.717, 1.165) is 27.8 Å². The number of para-hydroxylation sites is 1. The van der Waals surface area contributed by atoms with E-state index in [4.69, 9.17) is 16.3 Å². The lowest BCUT2D eigenvalue weighted by molar-refractivity contribution is 0.415. The zero-order chi connectivity index (χ0) is 16.0. The fourth-order valence-corrected chi connectivity index (χ4v) is 2.81. The minimum atomic E-state index is 0.300. The van der Waals surface area contributed by atoms with Gasteiger partial charge in [0.2, 0.25) is 5.28 Å². The fourth-order valence-electron chi connectivity index (χ4n) is 2.60. The number of halogens is 1. The van der Waals surface area contributed by atoms with Gasteiger partial charge in [-0.3, -0.25) is 0 Å². The van der Waals surface area contributed by atoms with E-state index in [1.807, 2.05) is 49.4 Å². The predicted molar refractivity (Wildman–Crippen MR) is 90.0 cm³/mol. The number of benzene rings is 2. The Kier molecular flexibility index (Phi) is 3.16. The monoisotopic (exact) mass is 324 g/mol. The summed E-state index contributed by atoms with van der Waals surface area (Å²) >= 11 is 6.29. The summed E-state index contributed by atoms with van der Waals surface area (Å²) in [6, 6.07) is 13.6. The molecule has 2 aromatic heterocycles. The molecule has 0 saturated heterocycles. The van der Waals surface area contributed by atoms with Crippen molar-refractivity contribution in [3.8, 4) is 17.1 Å². The van der Waals surface area contributed by atoms with Gasteiger partial charge in [0.15, 0.2) is 11.5 Å². The molecular weight excluding hydrogens is 312 g/mol. The number of methoxy groups -OCH3 is 1. The lowest BCUT2D eigenvalue weighted by Gasteiger charge is -2.03. The van der Waals surface area contributed by atoms with Gasteiger partial charge in [0, 0.05) is 10.9 Å². The van der Waals surface area contributed by atoms with Crippen LogP contribution in [0.1, 0.15) is 5.56 Å².